The van der Waals surface area contributed by atoms with E-state index in [4.69, 9.17) is 25.9 Å². The van der Waals surface area contributed by atoms with Crippen LogP contribution in [0.5, 0.6) is 5.75 Å². The number of furan rings is 1. The molecule has 0 spiro atoms. The maximum Gasteiger partial charge on any atom is 0.375 e. The van der Waals surface area contributed by atoms with E-state index >= 15 is 0 Å². The highest BCUT2D eigenvalue weighted by atomic mass is 35.5. The van der Waals surface area contributed by atoms with Gasteiger partial charge in [0.1, 0.15) is 5.58 Å². The predicted molar refractivity (Wildman–Crippen MR) is 54.7 cm³/mol. The van der Waals surface area contributed by atoms with E-state index in [1.807, 2.05) is 0 Å². The summed E-state index contributed by atoms with van der Waals surface area (Å²) in [4.78, 5) is 10.8. The Bertz CT molecular complexity index is 529. The van der Waals surface area contributed by atoms with Gasteiger partial charge in [-0.1, -0.05) is 11.6 Å². The van der Waals surface area contributed by atoms with Crippen LogP contribution in [0.25, 0.3) is 11.0 Å². The number of carbonyl (C=O) groups is 1. The maximum atomic E-state index is 10.8. The molecule has 1 heterocycles. The van der Waals surface area contributed by atoms with E-state index in [-0.39, 0.29) is 11.5 Å². The molecule has 1 N–H and O–H groups in total. The second-order valence-corrected chi connectivity index (χ2v) is 3.35. The van der Waals surface area contributed by atoms with E-state index in [2.05, 4.69) is 0 Å². The molecule has 5 heteroatoms. The molecule has 0 saturated heterocycles. The quantitative estimate of drug-likeness (QED) is 0.855. The number of hydrogen-bond acceptors (Lipinski definition) is 3. The fourth-order valence-corrected chi connectivity index (χ4v) is 1.56. The molecule has 0 saturated carbocycles. The molecule has 0 fully saturated rings. The van der Waals surface area contributed by atoms with Crippen molar-refractivity contribution in [2.45, 2.75) is 0 Å². The van der Waals surface area contributed by atoms with Crippen LogP contribution in [0.2, 0.25) is 5.02 Å². The number of carboxylic acid groups (broad SMARTS) is 1. The lowest BCUT2D eigenvalue weighted by Gasteiger charge is -1.96. The maximum absolute atomic E-state index is 10.8. The third-order valence-electron chi connectivity index (χ3n) is 2.00. The topological polar surface area (TPSA) is 59.7 Å². The lowest BCUT2D eigenvalue weighted by Crippen LogP contribution is -1.96. The van der Waals surface area contributed by atoms with Crippen LogP contribution in [-0.2, 0) is 0 Å². The third-order valence-corrected chi connectivity index (χ3v) is 2.24. The zero-order valence-corrected chi connectivity index (χ0v) is 8.54. The van der Waals surface area contributed by atoms with Crippen molar-refractivity contribution in [3.8, 4) is 5.75 Å². The van der Waals surface area contributed by atoms with Gasteiger partial charge in [0.05, 0.1) is 12.5 Å². The zero-order chi connectivity index (χ0) is 11.0. The number of halogens is 1. The second kappa shape index (κ2) is 3.47. The number of hydrogen-bond donors (Lipinski definition) is 1. The molecule has 0 amide bonds. The molecule has 0 aliphatic heterocycles. The van der Waals surface area contributed by atoms with Crippen LogP contribution >= 0.6 is 11.6 Å². The Morgan fingerprint density at radius 3 is 2.87 bits per heavy atom. The van der Waals surface area contributed by atoms with Crippen molar-refractivity contribution < 1.29 is 19.1 Å². The molecule has 0 unspecified atom stereocenters. The van der Waals surface area contributed by atoms with Crippen molar-refractivity contribution in [2.24, 2.45) is 0 Å². The minimum Gasteiger partial charge on any atom is -0.492 e. The normalized spacial score (nSPS) is 10.5. The highest BCUT2D eigenvalue weighted by molar-refractivity contribution is 6.31. The smallest absolute Gasteiger partial charge is 0.375 e. The van der Waals surface area contributed by atoms with Crippen molar-refractivity contribution in [1.29, 1.82) is 0 Å². The standard InChI is InChI=1S/C10H7ClO4/c1-14-8-6-4-5(11)2-3-7(6)15-9(8)10(12)13/h2-4H,1H3,(H,12,13). The Morgan fingerprint density at radius 1 is 1.53 bits per heavy atom. The Kier molecular flexibility index (Phi) is 2.28. The van der Waals surface area contributed by atoms with Gasteiger partial charge in [0.25, 0.3) is 5.76 Å². The van der Waals surface area contributed by atoms with Crippen LogP contribution in [0.15, 0.2) is 22.6 Å². The van der Waals surface area contributed by atoms with Crippen molar-refractivity contribution in [2.75, 3.05) is 7.11 Å². The Labute approximate surface area is 90.0 Å². The number of fused-ring (bicyclic) bond motifs is 1. The summed E-state index contributed by atoms with van der Waals surface area (Å²) >= 11 is 5.79. The molecule has 0 atom stereocenters. The van der Waals surface area contributed by atoms with Gasteiger partial charge in [-0.3, -0.25) is 0 Å². The summed E-state index contributed by atoms with van der Waals surface area (Å²) in [5.41, 5.74) is 0.439. The van der Waals surface area contributed by atoms with Crippen molar-refractivity contribution in [1.82, 2.24) is 0 Å². The molecule has 0 aliphatic rings. The molecule has 2 rings (SSSR count). The van der Waals surface area contributed by atoms with Crippen LogP contribution in [0.4, 0.5) is 0 Å². The molecular weight excluding hydrogens is 220 g/mol. The van der Waals surface area contributed by atoms with Crippen molar-refractivity contribution in [3.05, 3.63) is 29.0 Å². The molecule has 2 aromatic rings. The summed E-state index contributed by atoms with van der Waals surface area (Å²) in [6.07, 6.45) is 0. The monoisotopic (exact) mass is 226 g/mol. The van der Waals surface area contributed by atoms with Crippen LogP contribution in [-0.4, -0.2) is 18.2 Å². The first kappa shape index (κ1) is 9.86. The van der Waals surface area contributed by atoms with Crippen LogP contribution in [0, 0.1) is 0 Å². The van der Waals surface area contributed by atoms with Gasteiger partial charge in [-0.2, -0.15) is 0 Å². The number of benzene rings is 1. The van der Waals surface area contributed by atoms with E-state index in [9.17, 15) is 4.79 Å². The summed E-state index contributed by atoms with van der Waals surface area (Å²) in [6.45, 7) is 0. The molecule has 78 valence electrons. The summed E-state index contributed by atoms with van der Waals surface area (Å²) < 4.78 is 10.1. The molecule has 4 nitrogen and oxygen atoms in total. The van der Waals surface area contributed by atoms with Crippen molar-refractivity contribution in [3.63, 3.8) is 0 Å². The highest BCUT2D eigenvalue weighted by Gasteiger charge is 2.20. The second-order valence-electron chi connectivity index (χ2n) is 2.91. The number of aromatic carboxylic acids is 1. The first-order valence-electron chi connectivity index (χ1n) is 4.13. The van der Waals surface area contributed by atoms with E-state index in [1.165, 1.54) is 7.11 Å². The molecule has 0 radical (unpaired) electrons. The van der Waals surface area contributed by atoms with Gasteiger partial charge in [0, 0.05) is 5.02 Å². The van der Waals surface area contributed by atoms with Crippen LogP contribution < -0.4 is 4.74 Å². The number of ether oxygens (including phenoxy) is 1. The van der Waals surface area contributed by atoms with Gasteiger partial charge in [-0.15, -0.1) is 0 Å². The van der Waals surface area contributed by atoms with Gasteiger partial charge in [0.2, 0.25) is 0 Å². The Hall–Kier alpha value is -1.68. The lowest BCUT2D eigenvalue weighted by atomic mass is 10.2. The number of methoxy groups -OCH3 is 1. The summed E-state index contributed by atoms with van der Waals surface area (Å²) in [7, 11) is 1.39. The van der Waals surface area contributed by atoms with Gasteiger partial charge < -0.3 is 14.3 Å². The molecule has 1 aromatic carbocycles. The van der Waals surface area contributed by atoms with Crippen molar-refractivity contribution >= 4 is 28.5 Å². The minimum atomic E-state index is -1.17. The molecule has 0 aliphatic carbocycles. The largest absolute Gasteiger partial charge is 0.492 e. The molecule has 0 bridgehead atoms. The van der Waals surface area contributed by atoms with Gasteiger partial charge >= 0.3 is 5.97 Å². The first-order valence-corrected chi connectivity index (χ1v) is 4.50. The fraction of sp³-hybridized carbons (Fsp3) is 0.100. The summed E-state index contributed by atoms with van der Waals surface area (Å²) in [6, 6.07) is 4.83. The minimum absolute atomic E-state index is 0.194. The molecule has 15 heavy (non-hydrogen) atoms. The predicted octanol–water partition coefficient (Wildman–Crippen LogP) is 2.79. The first-order chi connectivity index (χ1) is 7.13. The van der Waals surface area contributed by atoms with E-state index in [1.54, 1.807) is 18.2 Å². The number of carboxylic acids is 1. The van der Waals surface area contributed by atoms with Crippen LogP contribution in [0.3, 0.4) is 0 Å². The van der Waals surface area contributed by atoms with Gasteiger partial charge in [-0.05, 0) is 18.2 Å². The molecular formula is C10H7ClO4. The zero-order valence-electron chi connectivity index (χ0n) is 7.78. The Morgan fingerprint density at radius 2 is 2.27 bits per heavy atom. The average Bonchev–Trinajstić information content (AvgIpc) is 2.55. The average molecular weight is 227 g/mol. The highest BCUT2D eigenvalue weighted by Crippen LogP contribution is 2.34. The SMILES string of the molecule is COc1c(C(=O)O)oc2ccc(Cl)cc12. The lowest BCUT2D eigenvalue weighted by molar-refractivity contribution is 0.0660. The molecule has 1 aromatic heterocycles. The van der Waals surface area contributed by atoms with Gasteiger partial charge in [-0.25, -0.2) is 4.79 Å². The van der Waals surface area contributed by atoms with E-state index in [0.29, 0.717) is 16.0 Å². The Balaban J connectivity index is 2.79. The van der Waals surface area contributed by atoms with E-state index in [0.717, 1.165) is 0 Å². The number of rotatable bonds is 2. The third kappa shape index (κ3) is 1.53. The van der Waals surface area contributed by atoms with Gasteiger partial charge in [0.15, 0.2) is 5.75 Å². The van der Waals surface area contributed by atoms with E-state index < -0.39 is 5.97 Å². The summed E-state index contributed by atoms with van der Waals surface area (Å²) in [5.74, 6) is -1.19. The fourth-order valence-electron chi connectivity index (χ4n) is 1.39. The summed E-state index contributed by atoms with van der Waals surface area (Å²) in [5, 5.41) is 9.92. The van der Waals surface area contributed by atoms with Crippen LogP contribution in [0.1, 0.15) is 10.6 Å².